The lowest BCUT2D eigenvalue weighted by molar-refractivity contribution is -0.149. The fourth-order valence-corrected chi connectivity index (χ4v) is 2.20. The molecule has 0 spiro atoms. The Labute approximate surface area is 157 Å². The van der Waals surface area contributed by atoms with Crippen molar-refractivity contribution in [1.82, 2.24) is 0 Å². The van der Waals surface area contributed by atoms with E-state index >= 15 is 0 Å². The fourth-order valence-electron chi connectivity index (χ4n) is 2.20. The molecule has 0 aliphatic heterocycles. The summed E-state index contributed by atoms with van der Waals surface area (Å²) in [4.78, 5) is 25.6. The number of hydrogen-bond acceptors (Lipinski definition) is 6. The molecule has 136 valence electrons. The molecule has 0 radical (unpaired) electrons. The van der Waals surface area contributed by atoms with Gasteiger partial charge in [0.2, 0.25) is 0 Å². The van der Waals surface area contributed by atoms with Gasteiger partial charge in [-0.3, -0.25) is 4.79 Å². The molecule has 7 nitrogen and oxygen atoms in total. The van der Waals surface area contributed by atoms with Crippen molar-refractivity contribution in [2.45, 2.75) is 6.42 Å². The quantitative estimate of drug-likeness (QED) is 0.667. The molecule has 0 saturated heterocycles. The van der Waals surface area contributed by atoms with Crippen molar-refractivity contribution >= 4 is 17.6 Å². The molecule has 0 heterocycles. The Kier molecular flexibility index (Phi) is 7.37. The van der Waals surface area contributed by atoms with Gasteiger partial charge >= 0.3 is 5.97 Å². The average Bonchev–Trinajstić information content (AvgIpc) is 2.72. The van der Waals surface area contributed by atoms with Gasteiger partial charge in [0.05, 0.1) is 24.1 Å². The number of carbonyl (C=O) groups excluding carboxylic acids is 2. The van der Waals surface area contributed by atoms with E-state index in [0.717, 1.165) is 0 Å². The minimum absolute atomic E-state index is 0.163. The third-order valence-corrected chi connectivity index (χ3v) is 3.51. The molecule has 0 fully saturated rings. The van der Waals surface area contributed by atoms with E-state index in [9.17, 15) is 9.59 Å². The van der Waals surface area contributed by atoms with Crippen LogP contribution in [0.1, 0.15) is 12.0 Å². The van der Waals surface area contributed by atoms with E-state index in [0.29, 0.717) is 17.0 Å². The zero-order chi connectivity index (χ0) is 19.5. The molecule has 0 saturated carbocycles. The van der Waals surface area contributed by atoms with Crippen molar-refractivity contribution < 1.29 is 19.1 Å². The summed E-state index contributed by atoms with van der Waals surface area (Å²) in [5.41, 5.74) is 1.11. The minimum Gasteiger partial charge on any atom is -0.482 e. The summed E-state index contributed by atoms with van der Waals surface area (Å²) < 4.78 is 10.2. The van der Waals surface area contributed by atoms with Crippen LogP contribution < -0.4 is 9.64 Å². The molecule has 0 aliphatic rings. The molecule has 1 amide bonds. The Morgan fingerprint density at radius 3 is 2.30 bits per heavy atom. The molecular weight excluding hydrogens is 346 g/mol. The lowest BCUT2D eigenvalue weighted by Crippen LogP contribution is -2.36. The van der Waals surface area contributed by atoms with Gasteiger partial charge in [-0.1, -0.05) is 18.2 Å². The van der Waals surface area contributed by atoms with Gasteiger partial charge in [-0.05, 0) is 36.4 Å². The zero-order valence-corrected chi connectivity index (χ0v) is 14.5. The number of ether oxygens (including phenoxy) is 2. The number of nitrogens with zero attached hydrogens (tertiary/aromatic N) is 3. The maximum Gasteiger partial charge on any atom is 0.344 e. The SMILES string of the molecule is N#CCCN(C(=O)COC(=O)COc1ccc(C#N)cc1)c1ccccc1. The number of amides is 1. The summed E-state index contributed by atoms with van der Waals surface area (Å²) in [6.07, 6.45) is 0.163. The van der Waals surface area contributed by atoms with E-state index in [1.54, 1.807) is 48.5 Å². The standard InChI is InChI=1S/C20H17N3O4/c21-11-4-12-23(17-5-2-1-3-6-17)19(24)14-27-20(25)15-26-18-9-7-16(13-22)8-10-18/h1-3,5-10H,4,12,14-15H2. The van der Waals surface area contributed by atoms with Crippen molar-refractivity contribution in [2.24, 2.45) is 0 Å². The highest BCUT2D eigenvalue weighted by molar-refractivity contribution is 5.95. The minimum atomic E-state index is -0.694. The second-order valence-corrected chi connectivity index (χ2v) is 5.37. The number of anilines is 1. The Morgan fingerprint density at radius 1 is 0.963 bits per heavy atom. The largest absolute Gasteiger partial charge is 0.482 e. The monoisotopic (exact) mass is 363 g/mol. The van der Waals surface area contributed by atoms with Crippen molar-refractivity contribution in [3.8, 4) is 17.9 Å². The van der Waals surface area contributed by atoms with E-state index in [2.05, 4.69) is 0 Å². The van der Waals surface area contributed by atoms with Crippen LogP contribution in [0.15, 0.2) is 54.6 Å². The van der Waals surface area contributed by atoms with Gasteiger partial charge in [0.15, 0.2) is 13.2 Å². The molecule has 2 aromatic carbocycles. The van der Waals surface area contributed by atoms with Crippen LogP contribution in [0.2, 0.25) is 0 Å². The number of nitriles is 2. The number of hydrogen-bond donors (Lipinski definition) is 0. The summed E-state index contributed by atoms with van der Waals surface area (Å²) in [6.45, 7) is -0.600. The number of esters is 1. The lowest BCUT2D eigenvalue weighted by atomic mass is 10.2. The van der Waals surface area contributed by atoms with Crippen LogP contribution in [0.25, 0.3) is 0 Å². The van der Waals surface area contributed by atoms with Crippen LogP contribution in [0.3, 0.4) is 0 Å². The maximum absolute atomic E-state index is 12.4. The average molecular weight is 363 g/mol. The van der Waals surface area contributed by atoms with E-state index in [1.165, 1.54) is 4.90 Å². The predicted octanol–water partition coefficient (Wildman–Crippen LogP) is 2.43. The smallest absolute Gasteiger partial charge is 0.344 e. The van der Waals surface area contributed by atoms with Crippen molar-refractivity contribution in [2.75, 3.05) is 24.7 Å². The Bertz CT molecular complexity index is 852. The highest BCUT2D eigenvalue weighted by Gasteiger charge is 2.17. The number of para-hydroxylation sites is 1. The Hall–Kier alpha value is -3.84. The highest BCUT2D eigenvalue weighted by Crippen LogP contribution is 2.14. The molecule has 0 atom stereocenters. The van der Waals surface area contributed by atoms with E-state index < -0.39 is 18.5 Å². The van der Waals surface area contributed by atoms with Crippen LogP contribution in [0.4, 0.5) is 5.69 Å². The van der Waals surface area contributed by atoms with Crippen LogP contribution in [-0.2, 0) is 14.3 Å². The summed E-state index contributed by atoms with van der Waals surface area (Å²) >= 11 is 0. The van der Waals surface area contributed by atoms with Gasteiger partial charge < -0.3 is 14.4 Å². The third kappa shape index (κ3) is 6.18. The highest BCUT2D eigenvalue weighted by atomic mass is 16.6. The van der Waals surface area contributed by atoms with Crippen LogP contribution in [-0.4, -0.2) is 31.6 Å². The van der Waals surface area contributed by atoms with Crippen LogP contribution in [0, 0.1) is 22.7 Å². The number of carbonyl (C=O) groups is 2. The van der Waals surface area contributed by atoms with Crippen molar-refractivity contribution in [3.63, 3.8) is 0 Å². The van der Waals surface area contributed by atoms with E-state index in [1.807, 2.05) is 18.2 Å². The second-order valence-electron chi connectivity index (χ2n) is 5.37. The molecule has 2 rings (SSSR count). The molecule has 0 unspecified atom stereocenters. The number of benzene rings is 2. The van der Waals surface area contributed by atoms with E-state index in [4.69, 9.17) is 20.0 Å². The molecule has 0 bridgehead atoms. The molecule has 0 N–H and O–H groups in total. The van der Waals surface area contributed by atoms with Crippen molar-refractivity contribution in [3.05, 3.63) is 60.2 Å². The molecule has 0 aliphatic carbocycles. The summed E-state index contributed by atoms with van der Waals surface area (Å²) in [7, 11) is 0. The lowest BCUT2D eigenvalue weighted by Gasteiger charge is -2.21. The molecule has 0 aromatic heterocycles. The molecule has 7 heteroatoms. The topological polar surface area (TPSA) is 103 Å². The summed E-state index contributed by atoms with van der Waals surface area (Å²) in [6, 6.07) is 19.1. The van der Waals surface area contributed by atoms with Gasteiger partial charge in [-0.2, -0.15) is 10.5 Å². The zero-order valence-electron chi connectivity index (χ0n) is 14.5. The molecule has 27 heavy (non-hydrogen) atoms. The molecular formula is C20H17N3O4. The Morgan fingerprint density at radius 2 is 1.67 bits per heavy atom. The third-order valence-electron chi connectivity index (χ3n) is 3.51. The van der Waals surface area contributed by atoms with Crippen LogP contribution in [0.5, 0.6) is 5.75 Å². The van der Waals surface area contributed by atoms with Gasteiger partial charge in [0, 0.05) is 12.2 Å². The number of rotatable bonds is 8. The fraction of sp³-hybridized carbons (Fsp3) is 0.200. The van der Waals surface area contributed by atoms with E-state index in [-0.39, 0.29) is 19.6 Å². The Balaban J connectivity index is 1.85. The maximum atomic E-state index is 12.4. The van der Waals surface area contributed by atoms with Gasteiger partial charge in [-0.15, -0.1) is 0 Å². The van der Waals surface area contributed by atoms with Crippen LogP contribution >= 0.6 is 0 Å². The van der Waals surface area contributed by atoms with Gasteiger partial charge in [-0.25, -0.2) is 4.79 Å². The van der Waals surface area contributed by atoms with Gasteiger partial charge in [0.25, 0.3) is 5.91 Å². The second kappa shape index (κ2) is 10.2. The molecule has 2 aromatic rings. The summed E-state index contributed by atoms with van der Waals surface area (Å²) in [5, 5.41) is 17.5. The first-order chi connectivity index (χ1) is 13.1. The first-order valence-electron chi connectivity index (χ1n) is 8.15. The normalized spacial score (nSPS) is 9.56. The first kappa shape index (κ1) is 19.5. The predicted molar refractivity (Wildman–Crippen MR) is 96.6 cm³/mol. The summed E-state index contributed by atoms with van der Waals surface area (Å²) in [5.74, 6) is -0.707. The van der Waals surface area contributed by atoms with Gasteiger partial charge in [0.1, 0.15) is 5.75 Å². The van der Waals surface area contributed by atoms with Crippen molar-refractivity contribution in [1.29, 1.82) is 10.5 Å². The first-order valence-corrected chi connectivity index (χ1v) is 8.15.